The number of fused-ring (bicyclic) bond motifs is 2. The van der Waals surface area contributed by atoms with Gasteiger partial charge in [-0.15, -0.1) is 11.3 Å². The number of carbonyl (C=O) groups excluding carboxylic acids is 2. The first kappa shape index (κ1) is 21.4. The fourth-order valence-electron chi connectivity index (χ4n) is 4.92. The molecule has 0 saturated carbocycles. The SMILES string of the molecule is C[C@@H](c1ccccc1)N1Cc2sc(N)c(C(=O)O)c2CC1CN1C(=O)c2ccccc2C1=O. The highest BCUT2D eigenvalue weighted by Crippen LogP contribution is 2.40. The lowest BCUT2D eigenvalue weighted by atomic mass is 9.93. The molecule has 3 heterocycles. The molecule has 8 heteroatoms. The largest absolute Gasteiger partial charge is 0.478 e. The van der Waals surface area contributed by atoms with Gasteiger partial charge in [0.1, 0.15) is 5.00 Å². The third-order valence-corrected chi connectivity index (χ3v) is 7.66. The van der Waals surface area contributed by atoms with Crippen molar-refractivity contribution >= 4 is 34.1 Å². The number of hydrogen-bond acceptors (Lipinski definition) is 6. The van der Waals surface area contributed by atoms with E-state index < -0.39 is 5.97 Å². The molecule has 3 N–H and O–H groups in total. The van der Waals surface area contributed by atoms with Gasteiger partial charge in [0.2, 0.25) is 0 Å². The van der Waals surface area contributed by atoms with Gasteiger partial charge in [0.15, 0.2) is 0 Å². The van der Waals surface area contributed by atoms with Gasteiger partial charge in [-0.25, -0.2) is 4.79 Å². The lowest BCUT2D eigenvalue weighted by Crippen LogP contribution is -2.49. The van der Waals surface area contributed by atoms with Crippen LogP contribution in [0.1, 0.15) is 60.0 Å². The summed E-state index contributed by atoms with van der Waals surface area (Å²) in [5, 5.41) is 10.0. The van der Waals surface area contributed by atoms with Crippen LogP contribution in [0.25, 0.3) is 0 Å². The Balaban J connectivity index is 1.52. The molecular weight excluding hydrogens is 438 g/mol. The Hall–Kier alpha value is -3.49. The third-order valence-electron chi connectivity index (χ3n) is 6.62. The summed E-state index contributed by atoms with van der Waals surface area (Å²) in [5.41, 5.74) is 8.85. The zero-order valence-electron chi connectivity index (χ0n) is 18.0. The first-order chi connectivity index (χ1) is 15.9. The molecule has 168 valence electrons. The Morgan fingerprint density at radius 3 is 2.30 bits per heavy atom. The predicted octanol–water partition coefficient (Wildman–Crippen LogP) is 3.81. The van der Waals surface area contributed by atoms with Gasteiger partial charge in [-0.05, 0) is 36.6 Å². The van der Waals surface area contributed by atoms with E-state index in [9.17, 15) is 19.5 Å². The minimum absolute atomic E-state index is 0.00358. The highest BCUT2D eigenvalue weighted by atomic mass is 32.1. The van der Waals surface area contributed by atoms with Gasteiger partial charge in [-0.1, -0.05) is 42.5 Å². The molecular formula is C25H23N3O4S. The minimum atomic E-state index is -1.05. The summed E-state index contributed by atoms with van der Waals surface area (Å²) in [7, 11) is 0. The van der Waals surface area contributed by atoms with Crippen LogP contribution in [0.3, 0.4) is 0 Å². The topological polar surface area (TPSA) is 104 Å². The lowest BCUT2D eigenvalue weighted by molar-refractivity contribution is 0.0515. The van der Waals surface area contributed by atoms with Crippen molar-refractivity contribution in [3.8, 4) is 0 Å². The number of anilines is 1. The first-order valence-corrected chi connectivity index (χ1v) is 11.6. The molecule has 0 aliphatic carbocycles. The van der Waals surface area contributed by atoms with Crippen LogP contribution in [-0.4, -0.2) is 45.3 Å². The van der Waals surface area contributed by atoms with Gasteiger partial charge in [-0.2, -0.15) is 0 Å². The molecule has 0 fully saturated rings. The number of nitrogens with two attached hydrogens (primary N) is 1. The molecule has 0 spiro atoms. The van der Waals surface area contributed by atoms with Crippen LogP contribution in [-0.2, 0) is 13.0 Å². The monoisotopic (exact) mass is 461 g/mol. The number of nitrogens with zero attached hydrogens (tertiary/aromatic N) is 2. The standard InChI is InChI=1S/C25H23N3O4S/c1-14(15-7-3-2-4-8-15)27-13-20-19(21(25(31)32)22(26)33-20)11-16(27)12-28-23(29)17-9-5-6-10-18(17)24(28)30/h2-10,14,16H,11-13,26H2,1H3,(H,31,32)/t14-,16?/m0/s1. The zero-order valence-corrected chi connectivity index (χ0v) is 18.8. The maximum atomic E-state index is 13.0. The van der Waals surface area contributed by atoms with Crippen molar-refractivity contribution in [3.05, 3.63) is 87.3 Å². The summed E-state index contributed by atoms with van der Waals surface area (Å²) in [4.78, 5) is 42.4. The number of thiophene rings is 1. The number of amides is 2. The van der Waals surface area contributed by atoms with Crippen LogP contribution >= 0.6 is 11.3 Å². The zero-order chi connectivity index (χ0) is 23.3. The van der Waals surface area contributed by atoms with Gasteiger partial charge < -0.3 is 10.8 Å². The molecule has 2 aliphatic rings. The van der Waals surface area contributed by atoms with Crippen LogP contribution in [0, 0.1) is 0 Å². The van der Waals surface area contributed by atoms with E-state index in [4.69, 9.17) is 5.73 Å². The van der Waals surface area contributed by atoms with Crippen molar-refractivity contribution in [3.63, 3.8) is 0 Å². The van der Waals surface area contributed by atoms with E-state index in [0.29, 0.717) is 34.7 Å². The van der Waals surface area contributed by atoms with Crippen LogP contribution < -0.4 is 5.73 Å². The van der Waals surface area contributed by atoms with Crippen LogP contribution in [0.4, 0.5) is 5.00 Å². The number of rotatable bonds is 5. The number of carbonyl (C=O) groups is 3. The van der Waals surface area contributed by atoms with Gasteiger partial charge in [0, 0.05) is 30.1 Å². The molecule has 3 aromatic rings. The molecule has 7 nitrogen and oxygen atoms in total. The van der Waals surface area contributed by atoms with E-state index in [2.05, 4.69) is 11.8 Å². The van der Waals surface area contributed by atoms with Gasteiger partial charge in [-0.3, -0.25) is 19.4 Å². The Morgan fingerprint density at radius 2 is 1.70 bits per heavy atom. The number of carboxylic acids is 1. The summed E-state index contributed by atoms with van der Waals surface area (Å²) in [6, 6.07) is 16.6. The minimum Gasteiger partial charge on any atom is -0.478 e. The predicted molar refractivity (Wildman–Crippen MR) is 125 cm³/mol. The van der Waals surface area contributed by atoms with Crippen molar-refractivity contribution < 1.29 is 19.5 Å². The fourth-order valence-corrected chi connectivity index (χ4v) is 6.02. The number of imide groups is 1. The Morgan fingerprint density at radius 1 is 1.09 bits per heavy atom. The van der Waals surface area contributed by atoms with Crippen molar-refractivity contribution in [2.75, 3.05) is 12.3 Å². The van der Waals surface area contributed by atoms with Crippen molar-refractivity contribution in [2.24, 2.45) is 0 Å². The highest BCUT2D eigenvalue weighted by molar-refractivity contribution is 7.16. The van der Waals surface area contributed by atoms with Crippen molar-refractivity contribution in [2.45, 2.75) is 32.0 Å². The second-order valence-corrected chi connectivity index (χ2v) is 9.57. The molecule has 33 heavy (non-hydrogen) atoms. The van der Waals surface area contributed by atoms with E-state index in [0.717, 1.165) is 10.4 Å². The Bertz CT molecular complexity index is 1230. The smallest absolute Gasteiger partial charge is 0.338 e. The maximum Gasteiger partial charge on any atom is 0.338 e. The van der Waals surface area contributed by atoms with E-state index in [1.807, 2.05) is 30.3 Å². The fraction of sp³-hybridized carbons (Fsp3) is 0.240. The quantitative estimate of drug-likeness (QED) is 0.560. The average molecular weight is 462 g/mol. The molecule has 2 aromatic carbocycles. The molecule has 2 amide bonds. The highest BCUT2D eigenvalue weighted by Gasteiger charge is 2.41. The third kappa shape index (κ3) is 3.51. The summed E-state index contributed by atoms with van der Waals surface area (Å²) in [6.07, 6.45) is 0.398. The maximum absolute atomic E-state index is 13.0. The second-order valence-electron chi connectivity index (χ2n) is 8.43. The molecule has 2 atom stereocenters. The molecule has 0 saturated heterocycles. The Labute approximate surface area is 195 Å². The number of nitrogen functional groups attached to an aromatic ring is 1. The lowest BCUT2D eigenvalue weighted by Gasteiger charge is -2.41. The Kier molecular flexibility index (Phi) is 5.26. The van der Waals surface area contributed by atoms with Gasteiger partial charge in [0.05, 0.1) is 16.7 Å². The van der Waals surface area contributed by atoms with E-state index in [1.165, 1.54) is 16.2 Å². The summed E-state index contributed by atoms with van der Waals surface area (Å²) in [6.45, 7) is 2.77. The van der Waals surface area contributed by atoms with E-state index >= 15 is 0 Å². The van der Waals surface area contributed by atoms with Crippen LogP contribution in [0.2, 0.25) is 0 Å². The van der Waals surface area contributed by atoms with Crippen molar-refractivity contribution in [1.82, 2.24) is 9.80 Å². The van der Waals surface area contributed by atoms with Crippen LogP contribution in [0.15, 0.2) is 54.6 Å². The van der Waals surface area contributed by atoms with Crippen LogP contribution in [0.5, 0.6) is 0 Å². The summed E-state index contributed by atoms with van der Waals surface area (Å²) in [5.74, 6) is -1.66. The summed E-state index contributed by atoms with van der Waals surface area (Å²) < 4.78 is 0. The van der Waals surface area contributed by atoms with Crippen molar-refractivity contribution in [1.29, 1.82) is 0 Å². The van der Waals surface area contributed by atoms with E-state index in [-0.39, 0.29) is 36.0 Å². The molecule has 5 rings (SSSR count). The summed E-state index contributed by atoms with van der Waals surface area (Å²) >= 11 is 1.30. The normalized spacial score (nSPS) is 18.8. The van der Waals surface area contributed by atoms with Gasteiger partial charge in [0.25, 0.3) is 11.8 Å². The number of benzene rings is 2. The molecule has 2 aliphatic heterocycles. The molecule has 1 aromatic heterocycles. The number of hydrogen-bond donors (Lipinski definition) is 2. The molecule has 1 unspecified atom stereocenters. The average Bonchev–Trinajstić information content (AvgIpc) is 3.27. The van der Waals surface area contributed by atoms with Gasteiger partial charge >= 0.3 is 5.97 Å². The number of carboxylic acid groups (broad SMARTS) is 1. The van der Waals surface area contributed by atoms with E-state index in [1.54, 1.807) is 24.3 Å². The number of aromatic carboxylic acids is 1. The molecule has 0 bridgehead atoms. The first-order valence-electron chi connectivity index (χ1n) is 10.8. The second kappa shape index (κ2) is 8.13. The molecule has 0 radical (unpaired) electrons.